The molecule has 0 aliphatic rings. The van der Waals surface area contributed by atoms with Crippen LogP contribution in [0.5, 0.6) is 0 Å². The highest BCUT2D eigenvalue weighted by molar-refractivity contribution is 9.09. The number of halogens is 2. The highest BCUT2D eigenvalue weighted by atomic mass is 79.9. The minimum Gasteiger partial charge on any atom is -0.335 e. The van der Waals surface area contributed by atoms with Crippen LogP contribution in [-0.2, 0) is 0 Å². The number of carbonyl (C=O) groups excluding carboxylic acids is 1. The van der Waals surface area contributed by atoms with Gasteiger partial charge in [-0.2, -0.15) is 0 Å². The van der Waals surface area contributed by atoms with E-state index in [0.717, 1.165) is 18.2 Å². The topological polar surface area (TPSA) is 20.3 Å². The molecular weight excluding hydrogens is 314 g/mol. The molecule has 0 saturated heterocycles. The third-order valence-electron chi connectivity index (χ3n) is 3.07. The Bertz CT molecular complexity index is 393. The molecule has 1 aromatic carbocycles. The van der Waals surface area contributed by atoms with Crippen molar-refractivity contribution in [1.29, 1.82) is 0 Å². The third-order valence-corrected chi connectivity index (χ3v) is 3.76. The fourth-order valence-electron chi connectivity index (χ4n) is 2.06. The van der Waals surface area contributed by atoms with Crippen molar-refractivity contribution in [2.45, 2.75) is 32.7 Å². The predicted octanol–water partition coefficient (Wildman–Crippen LogP) is 4.37. The molecule has 0 atom stereocenters. The van der Waals surface area contributed by atoms with Gasteiger partial charge < -0.3 is 4.90 Å². The van der Waals surface area contributed by atoms with Crippen molar-refractivity contribution in [3.63, 3.8) is 0 Å². The number of hydrogen-bond donors (Lipinski definition) is 0. The summed E-state index contributed by atoms with van der Waals surface area (Å²) < 4.78 is 0. The number of rotatable bonds is 6. The summed E-state index contributed by atoms with van der Waals surface area (Å²) in [5.74, 6) is 0.0220. The Morgan fingerprint density at radius 1 is 1.33 bits per heavy atom. The average molecular weight is 333 g/mol. The molecule has 100 valence electrons. The summed E-state index contributed by atoms with van der Waals surface area (Å²) in [7, 11) is 0. The molecule has 0 fully saturated rings. The van der Waals surface area contributed by atoms with Crippen molar-refractivity contribution in [2.75, 3.05) is 11.9 Å². The number of alkyl halides is 1. The minimum atomic E-state index is 0.0220. The second kappa shape index (κ2) is 7.80. The van der Waals surface area contributed by atoms with Crippen LogP contribution < -0.4 is 0 Å². The molecule has 0 unspecified atom stereocenters. The molecule has 0 heterocycles. The molecule has 0 N–H and O–H groups in total. The highest BCUT2D eigenvalue weighted by Crippen LogP contribution is 2.20. The molecule has 18 heavy (non-hydrogen) atoms. The number of hydrogen-bond acceptors (Lipinski definition) is 1. The third kappa shape index (κ3) is 3.72. The van der Waals surface area contributed by atoms with E-state index in [-0.39, 0.29) is 11.9 Å². The van der Waals surface area contributed by atoms with Crippen LogP contribution >= 0.6 is 27.5 Å². The van der Waals surface area contributed by atoms with Gasteiger partial charge in [-0.25, -0.2) is 0 Å². The molecule has 0 spiro atoms. The first-order valence-corrected chi connectivity index (χ1v) is 7.77. The zero-order valence-electron chi connectivity index (χ0n) is 10.8. The van der Waals surface area contributed by atoms with E-state index in [9.17, 15) is 4.79 Å². The molecule has 1 amide bonds. The van der Waals surface area contributed by atoms with Gasteiger partial charge >= 0.3 is 0 Å². The van der Waals surface area contributed by atoms with E-state index < -0.39 is 0 Å². The largest absolute Gasteiger partial charge is 0.335 e. The summed E-state index contributed by atoms with van der Waals surface area (Å²) in [5, 5.41) is 1.30. The van der Waals surface area contributed by atoms with E-state index in [1.165, 1.54) is 0 Å². The van der Waals surface area contributed by atoms with Gasteiger partial charge in [0.05, 0.1) is 10.6 Å². The molecule has 1 aromatic rings. The molecule has 0 bridgehead atoms. The van der Waals surface area contributed by atoms with Gasteiger partial charge in [-0.05, 0) is 25.0 Å². The molecule has 0 saturated carbocycles. The van der Waals surface area contributed by atoms with Gasteiger partial charge in [0.2, 0.25) is 0 Å². The number of benzene rings is 1. The molecule has 0 aliphatic heterocycles. The maximum absolute atomic E-state index is 12.5. The SMILES string of the molecule is CCC(CC)N(CCBr)C(=O)c1ccccc1Cl. The number of nitrogens with zero attached hydrogens (tertiary/aromatic N) is 1. The predicted molar refractivity (Wildman–Crippen MR) is 80.7 cm³/mol. The van der Waals surface area contributed by atoms with E-state index in [2.05, 4.69) is 29.8 Å². The Morgan fingerprint density at radius 2 is 1.94 bits per heavy atom. The lowest BCUT2D eigenvalue weighted by atomic mass is 10.1. The van der Waals surface area contributed by atoms with Crippen LogP contribution in [0.1, 0.15) is 37.0 Å². The van der Waals surface area contributed by atoms with E-state index in [1.54, 1.807) is 12.1 Å². The number of amides is 1. The first-order chi connectivity index (χ1) is 8.65. The molecule has 1 rings (SSSR count). The Labute approximate surface area is 122 Å². The maximum atomic E-state index is 12.5. The van der Waals surface area contributed by atoms with Gasteiger partial charge in [0, 0.05) is 17.9 Å². The van der Waals surface area contributed by atoms with Crippen LogP contribution in [-0.4, -0.2) is 28.7 Å². The second-order valence-electron chi connectivity index (χ2n) is 4.14. The average Bonchev–Trinajstić information content (AvgIpc) is 2.39. The van der Waals surface area contributed by atoms with Crippen molar-refractivity contribution in [2.24, 2.45) is 0 Å². The van der Waals surface area contributed by atoms with Crippen LogP contribution in [0, 0.1) is 0 Å². The Morgan fingerprint density at radius 3 is 2.44 bits per heavy atom. The van der Waals surface area contributed by atoms with E-state index in [4.69, 9.17) is 11.6 Å². The quantitative estimate of drug-likeness (QED) is 0.709. The Balaban J connectivity index is 2.99. The zero-order valence-corrected chi connectivity index (χ0v) is 13.2. The van der Waals surface area contributed by atoms with E-state index in [1.807, 2.05) is 17.0 Å². The molecule has 2 nitrogen and oxygen atoms in total. The summed E-state index contributed by atoms with van der Waals surface area (Å²) in [6.45, 7) is 4.92. The van der Waals surface area contributed by atoms with Crippen molar-refractivity contribution >= 4 is 33.4 Å². The smallest absolute Gasteiger partial charge is 0.255 e. The molecule has 0 aromatic heterocycles. The molecule has 4 heteroatoms. The summed E-state index contributed by atoms with van der Waals surface area (Å²) >= 11 is 9.50. The highest BCUT2D eigenvalue weighted by Gasteiger charge is 2.23. The van der Waals surface area contributed by atoms with Crippen LogP contribution in [0.25, 0.3) is 0 Å². The minimum absolute atomic E-state index is 0.0220. The van der Waals surface area contributed by atoms with Gasteiger partial charge in [-0.15, -0.1) is 0 Å². The zero-order chi connectivity index (χ0) is 13.5. The Kier molecular flexibility index (Phi) is 6.72. The molecular formula is C14H19BrClNO. The van der Waals surface area contributed by atoms with Gasteiger partial charge in [0.1, 0.15) is 0 Å². The summed E-state index contributed by atoms with van der Waals surface area (Å²) in [6, 6.07) is 7.50. The lowest BCUT2D eigenvalue weighted by Crippen LogP contribution is -2.41. The normalized spacial score (nSPS) is 10.7. The lowest BCUT2D eigenvalue weighted by molar-refractivity contribution is 0.0683. The molecule has 0 radical (unpaired) electrons. The first-order valence-electron chi connectivity index (χ1n) is 6.27. The van der Waals surface area contributed by atoms with Crippen LogP contribution in [0.15, 0.2) is 24.3 Å². The van der Waals surface area contributed by atoms with Crippen molar-refractivity contribution < 1.29 is 4.79 Å². The fraction of sp³-hybridized carbons (Fsp3) is 0.500. The second-order valence-corrected chi connectivity index (χ2v) is 5.34. The summed E-state index contributed by atoms with van der Waals surface area (Å²) in [4.78, 5) is 14.4. The standard InChI is InChI=1S/C14H19BrClNO/c1-3-11(4-2)17(10-9-15)14(18)12-7-5-6-8-13(12)16/h5-8,11H,3-4,9-10H2,1-2H3. The van der Waals surface area contributed by atoms with Crippen molar-refractivity contribution in [3.8, 4) is 0 Å². The van der Waals surface area contributed by atoms with Crippen LogP contribution in [0.3, 0.4) is 0 Å². The fourth-order valence-corrected chi connectivity index (χ4v) is 2.66. The van der Waals surface area contributed by atoms with Gasteiger partial charge in [0.25, 0.3) is 5.91 Å². The van der Waals surface area contributed by atoms with Gasteiger partial charge in [0.15, 0.2) is 0 Å². The summed E-state index contributed by atoms with van der Waals surface area (Å²) in [5.41, 5.74) is 0.590. The maximum Gasteiger partial charge on any atom is 0.255 e. The van der Waals surface area contributed by atoms with E-state index >= 15 is 0 Å². The first kappa shape index (κ1) is 15.5. The van der Waals surface area contributed by atoms with Crippen molar-refractivity contribution in [3.05, 3.63) is 34.9 Å². The van der Waals surface area contributed by atoms with Crippen LogP contribution in [0.2, 0.25) is 5.02 Å². The monoisotopic (exact) mass is 331 g/mol. The summed E-state index contributed by atoms with van der Waals surface area (Å²) in [6.07, 6.45) is 1.92. The van der Waals surface area contributed by atoms with Crippen molar-refractivity contribution in [1.82, 2.24) is 4.90 Å². The number of carbonyl (C=O) groups is 1. The van der Waals surface area contributed by atoms with Gasteiger partial charge in [-0.3, -0.25) is 4.79 Å². The Hall–Kier alpha value is -0.540. The van der Waals surface area contributed by atoms with E-state index in [0.29, 0.717) is 17.1 Å². The van der Waals surface area contributed by atoms with Crippen LogP contribution in [0.4, 0.5) is 0 Å². The van der Waals surface area contributed by atoms with Gasteiger partial charge in [-0.1, -0.05) is 53.5 Å². The lowest BCUT2D eigenvalue weighted by Gasteiger charge is -2.30. The molecule has 0 aliphatic carbocycles.